The highest BCUT2D eigenvalue weighted by Crippen LogP contribution is 2.32. The molecule has 1 aliphatic carbocycles. The maximum Gasteiger partial charge on any atom is 0.328 e. The number of hydrogen-bond donors (Lipinski definition) is 4. The third-order valence-electron chi connectivity index (χ3n) is 5.44. The molecule has 174 valence electrons. The van der Waals surface area contributed by atoms with Crippen LogP contribution in [0.4, 0.5) is 5.82 Å². The SMILES string of the molecule is N#Cc1ccc(NCC2(NC(=O)CN3CCCC3C#N)CCC2)nc1.O=C(O)C=CC(=O)O. The van der Waals surface area contributed by atoms with Crippen molar-refractivity contribution in [1.29, 1.82) is 10.5 Å². The van der Waals surface area contributed by atoms with Gasteiger partial charge >= 0.3 is 11.9 Å². The fourth-order valence-electron chi connectivity index (χ4n) is 3.60. The highest BCUT2D eigenvalue weighted by Gasteiger charge is 2.39. The lowest BCUT2D eigenvalue weighted by molar-refractivity contribution is -0.134. The Morgan fingerprint density at radius 1 is 1.18 bits per heavy atom. The summed E-state index contributed by atoms with van der Waals surface area (Å²) in [6.07, 6.45) is 7.43. The van der Waals surface area contributed by atoms with Crippen LogP contribution < -0.4 is 10.6 Å². The quantitative estimate of drug-likeness (QED) is 0.415. The molecule has 0 spiro atoms. The predicted octanol–water partition coefficient (Wildman–Crippen LogP) is 1.10. The van der Waals surface area contributed by atoms with Gasteiger partial charge in [-0.25, -0.2) is 14.6 Å². The minimum atomic E-state index is -1.26. The molecular weight excluding hydrogens is 428 g/mol. The van der Waals surface area contributed by atoms with Gasteiger partial charge in [0.1, 0.15) is 11.9 Å². The normalized spacial score (nSPS) is 18.7. The molecule has 1 aromatic rings. The van der Waals surface area contributed by atoms with Gasteiger partial charge in [-0.15, -0.1) is 0 Å². The van der Waals surface area contributed by atoms with E-state index in [1.54, 1.807) is 12.1 Å². The number of amides is 1. The number of anilines is 1. The number of pyridine rings is 1. The Balaban J connectivity index is 0.000000414. The van der Waals surface area contributed by atoms with Crippen LogP contribution in [0.5, 0.6) is 0 Å². The molecule has 2 heterocycles. The number of nitrogens with one attached hydrogen (secondary N) is 2. The Kier molecular flexibility index (Phi) is 9.33. The highest BCUT2D eigenvalue weighted by atomic mass is 16.4. The lowest BCUT2D eigenvalue weighted by Gasteiger charge is -2.43. The van der Waals surface area contributed by atoms with Gasteiger partial charge in [0.25, 0.3) is 0 Å². The molecule has 2 aliphatic rings. The highest BCUT2D eigenvalue weighted by molar-refractivity contribution is 5.89. The van der Waals surface area contributed by atoms with Crippen LogP contribution in [0.15, 0.2) is 30.5 Å². The van der Waals surface area contributed by atoms with Gasteiger partial charge in [-0.3, -0.25) is 9.69 Å². The maximum absolute atomic E-state index is 12.4. The summed E-state index contributed by atoms with van der Waals surface area (Å²) in [7, 11) is 0. The lowest BCUT2D eigenvalue weighted by atomic mass is 9.76. The topological polar surface area (TPSA) is 179 Å². The van der Waals surface area contributed by atoms with Gasteiger partial charge in [0.05, 0.1) is 29.8 Å². The number of nitriles is 2. The summed E-state index contributed by atoms with van der Waals surface area (Å²) < 4.78 is 0. The van der Waals surface area contributed by atoms with Crippen molar-refractivity contribution in [2.75, 3.05) is 25.0 Å². The van der Waals surface area contributed by atoms with Gasteiger partial charge in [0.2, 0.25) is 5.91 Å². The van der Waals surface area contributed by atoms with Crippen LogP contribution in [0.1, 0.15) is 37.7 Å². The minimum Gasteiger partial charge on any atom is -0.478 e. The average molecular weight is 454 g/mol. The van der Waals surface area contributed by atoms with E-state index in [0.29, 0.717) is 30.1 Å². The molecule has 11 nitrogen and oxygen atoms in total. The molecule has 3 rings (SSSR count). The van der Waals surface area contributed by atoms with Crippen LogP contribution in [-0.4, -0.2) is 69.2 Å². The molecule has 1 aromatic heterocycles. The molecule has 0 radical (unpaired) electrons. The zero-order valence-corrected chi connectivity index (χ0v) is 18.0. The Morgan fingerprint density at radius 2 is 1.88 bits per heavy atom. The molecule has 11 heteroatoms. The van der Waals surface area contributed by atoms with E-state index in [9.17, 15) is 14.4 Å². The smallest absolute Gasteiger partial charge is 0.328 e. The first-order chi connectivity index (χ1) is 15.8. The molecule has 4 N–H and O–H groups in total. The zero-order valence-electron chi connectivity index (χ0n) is 18.0. The van der Waals surface area contributed by atoms with E-state index in [4.69, 9.17) is 20.7 Å². The minimum absolute atomic E-state index is 0.0172. The summed E-state index contributed by atoms with van der Waals surface area (Å²) in [5.74, 6) is -1.83. The maximum atomic E-state index is 12.4. The zero-order chi connectivity index (χ0) is 24.3. The van der Waals surface area contributed by atoms with E-state index in [2.05, 4.69) is 21.7 Å². The number of carbonyl (C=O) groups is 3. The largest absolute Gasteiger partial charge is 0.478 e. The molecule has 0 bridgehead atoms. The fraction of sp³-hybridized carbons (Fsp3) is 0.455. The first kappa shape index (κ1) is 25.3. The van der Waals surface area contributed by atoms with Crippen LogP contribution in [0.2, 0.25) is 0 Å². The van der Waals surface area contributed by atoms with Gasteiger partial charge in [0.15, 0.2) is 0 Å². The number of nitrogens with zero attached hydrogens (tertiary/aromatic N) is 4. The number of likely N-dealkylation sites (tertiary alicyclic amines) is 1. The first-order valence-electron chi connectivity index (χ1n) is 10.5. The van der Waals surface area contributed by atoms with Crippen molar-refractivity contribution in [1.82, 2.24) is 15.2 Å². The van der Waals surface area contributed by atoms with Gasteiger partial charge in [-0.05, 0) is 44.2 Å². The predicted molar refractivity (Wildman–Crippen MR) is 117 cm³/mol. The summed E-state index contributed by atoms with van der Waals surface area (Å²) in [6, 6.07) is 7.67. The molecule has 2 fully saturated rings. The van der Waals surface area contributed by atoms with Gasteiger partial charge < -0.3 is 20.8 Å². The molecule has 0 aromatic carbocycles. The number of carboxylic acid groups (broad SMARTS) is 2. The van der Waals surface area contributed by atoms with Crippen LogP contribution in [-0.2, 0) is 14.4 Å². The first-order valence-corrected chi connectivity index (χ1v) is 10.5. The van der Waals surface area contributed by atoms with Crippen molar-refractivity contribution >= 4 is 23.7 Å². The molecular formula is C22H26N6O5. The van der Waals surface area contributed by atoms with E-state index >= 15 is 0 Å². The van der Waals surface area contributed by atoms with Crippen molar-refractivity contribution < 1.29 is 24.6 Å². The Morgan fingerprint density at radius 3 is 2.36 bits per heavy atom. The number of aromatic nitrogens is 1. The second-order valence-corrected chi connectivity index (χ2v) is 7.85. The van der Waals surface area contributed by atoms with Crippen molar-refractivity contribution in [3.05, 3.63) is 36.0 Å². The number of rotatable bonds is 8. The Bertz CT molecular complexity index is 943. The second kappa shape index (κ2) is 12.2. The second-order valence-electron chi connectivity index (χ2n) is 7.85. The third kappa shape index (κ3) is 8.24. The molecule has 1 atom stereocenters. The summed E-state index contributed by atoms with van der Waals surface area (Å²) in [5, 5.41) is 40.0. The van der Waals surface area contributed by atoms with Crippen molar-refractivity contribution in [2.24, 2.45) is 0 Å². The molecule has 1 saturated heterocycles. The molecule has 1 amide bonds. The molecule has 1 saturated carbocycles. The van der Waals surface area contributed by atoms with E-state index in [1.165, 1.54) is 6.20 Å². The van der Waals surface area contributed by atoms with Crippen molar-refractivity contribution in [3.63, 3.8) is 0 Å². The van der Waals surface area contributed by atoms with E-state index in [-0.39, 0.29) is 24.0 Å². The third-order valence-corrected chi connectivity index (χ3v) is 5.44. The Hall–Kier alpha value is -3.96. The van der Waals surface area contributed by atoms with Crippen LogP contribution in [0, 0.1) is 22.7 Å². The van der Waals surface area contributed by atoms with Crippen molar-refractivity contribution in [3.8, 4) is 12.1 Å². The van der Waals surface area contributed by atoms with E-state index < -0.39 is 11.9 Å². The monoisotopic (exact) mass is 454 g/mol. The summed E-state index contributed by atoms with van der Waals surface area (Å²) in [4.78, 5) is 37.7. The van der Waals surface area contributed by atoms with E-state index in [1.807, 2.05) is 11.0 Å². The van der Waals surface area contributed by atoms with E-state index in [0.717, 1.165) is 38.6 Å². The van der Waals surface area contributed by atoms with Crippen LogP contribution in [0.3, 0.4) is 0 Å². The van der Waals surface area contributed by atoms with Gasteiger partial charge in [0, 0.05) is 31.4 Å². The summed E-state index contributed by atoms with van der Waals surface area (Å²) in [6.45, 7) is 1.71. The van der Waals surface area contributed by atoms with Crippen LogP contribution in [0.25, 0.3) is 0 Å². The van der Waals surface area contributed by atoms with Crippen molar-refractivity contribution in [2.45, 2.75) is 43.7 Å². The summed E-state index contributed by atoms with van der Waals surface area (Å²) in [5.41, 5.74) is 0.281. The van der Waals surface area contributed by atoms with Gasteiger partial charge in [-0.2, -0.15) is 10.5 Å². The average Bonchev–Trinajstić information content (AvgIpc) is 3.21. The number of hydrogen-bond acceptors (Lipinski definition) is 8. The number of aliphatic carboxylic acids is 2. The molecule has 1 unspecified atom stereocenters. The Labute approximate surface area is 191 Å². The fourth-order valence-corrected chi connectivity index (χ4v) is 3.60. The molecule has 1 aliphatic heterocycles. The number of carbonyl (C=O) groups excluding carboxylic acids is 1. The number of carboxylic acids is 2. The van der Waals surface area contributed by atoms with Gasteiger partial charge in [-0.1, -0.05) is 0 Å². The summed E-state index contributed by atoms with van der Waals surface area (Å²) >= 11 is 0. The lowest BCUT2D eigenvalue weighted by Crippen LogP contribution is -2.59. The molecule has 33 heavy (non-hydrogen) atoms. The van der Waals surface area contributed by atoms with Crippen LogP contribution >= 0.6 is 0 Å². The standard InChI is InChI=1S/C18H22N6O.C4H4O4/c19-9-14-4-5-16(21-11-14)22-13-18(6-2-7-18)23-17(25)12-24-8-1-3-15(24)10-20;5-3(6)1-2-4(7)8/h4-5,11,15H,1-3,6-8,12-13H2,(H,21,22)(H,23,25);1-2H,(H,5,6)(H,7,8).